The highest BCUT2D eigenvalue weighted by molar-refractivity contribution is 5.98. The maximum Gasteiger partial charge on any atom is 0.321 e. The van der Waals surface area contributed by atoms with Crippen LogP contribution in [0.4, 0.5) is 10.5 Å². The fourth-order valence-electron chi connectivity index (χ4n) is 3.02. The minimum atomic E-state index is -0.789. The number of aryl methyl sites for hydroxylation is 1. The molecule has 29 heavy (non-hydrogen) atoms. The molecule has 0 aliphatic rings. The smallest absolute Gasteiger partial charge is 0.321 e. The van der Waals surface area contributed by atoms with Gasteiger partial charge in [-0.1, -0.05) is 42.5 Å². The van der Waals surface area contributed by atoms with Crippen LogP contribution in [-0.2, 0) is 9.59 Å². The predicted molar refractivity (Wildman–Crippen MR) is 114 cm³/mol. The summed E-state index contributed by atoms with van der Waals surface area (Å²) >= 11 is 0. The van der Waals surface area contributed by atoms with Crippen molar-refractivity contribution in [2.24, 2.45) is 0 Å². The quantitative estimate of drug-likeness (QED) is 0.671. The number of rotatable bonds is 7. The Labute approximate surface area is 171 Å². The number of urea groups is 1. The number of nitrogens with zero attached hydrogens (tertiary/aromatic N) is 1. The lowest BCUT2D eigenvalue weighted by Crippen LogP contribution is -2.46. The van der Waals surface area contributed by atoms with Crippen LogP contribution < -0.4 is 16.0 Å². The van der Waals surface area contributed by atoms with Crippen molar-refractivity contribution in [2.75, 3.05) is 25.5 Å². The lowest BCUT2D eigenvalue weighted by atomic mass is 10.0. The summed E-state index contributed by atoms with van der Waals surface area (Å²) in [6.07, 6.45) is 0. The molecule has 3 N–H and O–H groups in total. The van der Waals surface area contributed by atoms with Gasteiger partial charge in [0.15, 0.2) is 0 Å². The molecule has 0 aliphatic heterocycles. The molecule has 4 amide bonds. The summed E-state index contributed by atoms with van der Waals surface area (Å²) in [6.45, 7) is 6.08. The van der Waals surface area contributed by atoms with E-state index < -0.39 is 18.0 Å². The van der Waals surface area contributed by atoms with Crippen molar-refractivity contribution >= 4 is 23.5 Å². The third-order valence-electron chi connectivity index (χ3n) is 4.65. The van der Waals surface area contributed by atoms with Gasteiger partial charge in [0.2, 0.25) is 11.8 Å². The van der Waals surface area contributed by atoms with Crippen LogP contribution in [0.1, 0.15) is 29.7 Å². The molecule has 0 aliphatic carbocycles. The van der Waals surface area contributed by atoms with Crippen LogP contribution in [0.25, 0.3) is 0 Å². The topological polar surface area (TPSA) is 90.5 Å². The largest absolute Gasteiger partial charge is 0.338 e. The molecular weight excluding hydrogens is 368 g/mol. The van der Waals surface area contributed by atoms with Gasteiger partial charge in [-0.15, -0.1) is 0 Å². The van der Waals surface area contributed by atoms with Crippen molar-refractivity contribution in [3.05, 3.63) is 65.2 Å². The number of amides is 4. The first-order valence-corrected chi connectivity index (χ1v) is 9.53. The van der Waals surface area contributed by atoms with Gasteiger partial charge in [0.05, 0.1) is 6.54 Å². The summed E-state index contributed by atoms with van der Waals surface area (Å²) in [7, 11) is 1.68. The molecule has 0 radical (unpaired) electrons. The molecule has 2 aromatic carbocycles. The monoisotopic (exact) mass is 396 g/mol. The van der Waals surface area contributed by atoms with Gasteiger partial charge in [-0.25, -0.2) is 4.79 Å². The molecule has 1 atom stereocenters. The maximum atomic E-state index is 12.8. The number of carbonyl (C=O) groups excluding carboxylic acids is 3. The van der Waals surface area contributed by atoms with Crippen LogP contribution in [0.2, 0.25) is 0 Å². The van der Waals surface area contributed by atoms with Gasteiger partial charge in [-0.2, -0.15) is 0 Å². The lowest BCUT2D eigenvalue weighted by Gasteiger charge is -2.27. The normalized spacial score (nSPS) is 11.6. The van der Waals surface area contributed by atoms with Crippen LogP contribution in [0.5, 0.6) is 0 Å². The van der Waals surface area contributed by atoms with Crippen molar-refractivity contribution in [1.29, 1.82) is 0 Å². The molecule has 0 saturated heterocycles. The first kappa shape index (κ1) is 22.1. The van der Waals surface area contributed by atoms with E-state index >= 15 is 0 Å². The number of nitrogens with one attached hydrogen (secondary N) is 3. The van der Waals surface area contributed by atoms with Gasteiger partial charge in [-0.05, 0) is 50.6 Å². The summed E-state index contributed by atoms with van der Waals surface area (Å²) < 4.78 is 0. The van der Waals surface area contributed by atoms with Gasteiger partial charge in [-0.3, -0.25) is 19.8 Å². The number of hydrogen-bond acceptors (Lipinski definition) is 4. The average Bonchev–Trinajstić information content (AvgIpc) is 2.66. The van der Waals surface area contributed by atoms with Gasteiger partial charge in [0, 0.05) is 12.2 Å². The number of carbonyl (C=O) groups is 3. The molecule has 7 heteroatoms. The highest BCUT2D eigenvalue weighted by atomic mass is 16.2. The zero-order chi connectivity index (χ0) is 21.4. The van der Waals surface area contributed by atoms with Crippen LogP contribution in [0, 0.1) is 13.8 Å². The Morgan fingerprint density at radius 2 is 1.69 bits per heavy atom. The lowest BCUT2D eigenvalue weighted by molar-refractivity contribution is -0.126. The van der Waals surface area contributed by atoms with Crippen molar-refractivity contribution in [1.82, 2.24) is 15.5 Å². The summed E-state index contributed by atoms with van der Waals surface area (Å²) in [6, 6.07) is 13.4. The Bertz CT molecular complexity index is 868. The van der Waals surface area contributed by atoms with Crippen molar-refractivity contribution < 1.29 is 14.4 Å². The Hall–Kier alpha value is -3.19. The fraction of sp³-hybridized carbons (Fsp3) is 0.318. The van der Waals surface area contributed by atoms with E-state index in [0.29, 0.717) is 12.1 Å². The minimum Gasteiger partial charge on any atom is -0.338 e. The zero-order valence-corrected chi connectivity index (χ0v) is 17.3. The second-order valence-corrected chi connectivity index (χ2v) is 6.87. The van der Waals surface area contributed by atoms with E-state index in [1.165, 1.54) is 0 Å². The molecule has 2 rings (SSSR count). The molecule has 2 aromatic rings. The van der Waals surface area contributed by atoms with Gasteiger partial charge < -0.3 is 10.6 Å². The number of hydrogen-bond donors (Lipinski definition) is 3. The molecule has 1 unspecified atom stereocenters. The number of anilines is 1. The third-order valence-corrected chi connectivity index (χ3v) is 4.65. The van der Waals surface area contributed by atoms with Crippen molar-refractivity contribution in [3.8, 4) is 0 Å². The molecule has 0 bridgehead atoms. The Morgan fingerprint density at radius 3 is 2.34 bits per heavy atom. The van der Waals surface area contributed by atoms with E-state index in [4.69, 9.17) is 0 Å². The molecular formula is C22H28N4O3. The van der Waals surface area contributed by atoms with E-state index in [1.54, 1.807) is 31.0 Å². The molecule has 154 valence electrons. The average molecular weight is 396 g/mol. The van der Waals surface area contributed by atoms with Crippen LogP contribution in [0.15, 0.2) is 48.5 Å². The van der Waals surface area contributed by atoms with E-state index in [-0.39, 0.29) is 12.5 Å². The zero-order valence-electron chi connectivity index (χ0n) is 17.3. The minimum absolute atomic E-state index is 0.0181. The number of likely N-dealkylation sites (N-methyl/N-ethyl adjacent to an activating group) is 1. The Balaban J connectivity index is 2.15. The van der Waals surface area contributed by atoms with Crippen LogP contribution in [0.3, 0.4) is 0 Å². The second-order valence-electron chi connectivity index (χ2n) is 6.87. The molecule has 0 fully saturated rings. The van der Waals surface area contributed by atoms with Crippen molar-refractivity contribution in [3.63, 3.8) is 0 Å². The standard InChI is InChI=1S/C22H28N4O3/c1-5-23-22(29)25-21(28)20(17-11-7-6-8-12-17)26(4)14-19(27)24-18-13-9-10-15(2)16(18)3/h6-13,20H,5,14H2,1-4H3,(H,24,27)(H2,23,25,28,29). The Morgan fingerprint density at radius 1 is 1.00 bits per heavy atom. The fourth-order valence-corrected chi connectivity index (χ4v) is 3.02. The highest BCUT2D eigenvalue weighted by Gasteiger charge is 2.27. The van der Waals surface area contributed by atoms with E-state index in [2.05, 4.69) is 16.0 Å². The molecule has 0 heterocycles. The Kier molecular flexibility index (Phi) is 7.91. The van der Waals surface area contributed by atoms with Crippen LogP contribution >= 0.6 is 0 Å². The predicted octanol–water partition coefficient (Wildman–Crippen LogP) is 2.76. The summed E-state index contributed by atoms with van der Waals surface area (Å²) in [5, 5.41) is 7.77. The second kappa shape index (κ2) is 10.4. The maximum absolute atomic E-state index is 12.8. The van der Waals surface area contributed by atoms with E-state index in [9.17, 15) is 14.4 Å². The molecule has 7 nitrogen and oxygen atoms in total. The van der Waals surface area contributed by atoms with Crippen LogP contribution in [-0.4, -0.2) is 42.9 Å². The van der Waals surface area contributed by atoms with Gasteiger partial charge >= 0.3 is 6.03 Å². The highest BCUT2D eigenvalue weighted by Crippen LogP contribution is 2.21. The number of benzene rings is 2. The molecule has 0 spiro atoms. The first-order chi connectivity index (χ1) is 13.8. The SMILES string of the molecule is CCNC(=O)NC(=O)C(c1ccccc1)N(C)CC(=O)Nc1cccc(C)c1C. The van der Waals surface area contributed by atoms with Gasteiger partial charge in [0.25, 0.3) is 0 Å². The summed E-state index contributed by atoms with van der Waals surface area (Å²) in [4.78, 5) is 38.8. The molecule has 0 aromatic heterocycles. The summed E-state index contributed by atoms with van der Waals surface area (Å²) in [5.74, 6) is -0.739. The summed E-state index contributed by atoms with van der Waals surface area (Å²) in [5.41, 5.74) is 3.51. The van der Waals surface area contributed by atoms with Gasteiger partial charge in [0.1, 0.15) is 6.04 Å². The number of imide groups is 1. The first-order valence-electron chi connectivity index (χ1n) is 9.53. The molecule has 0 saturated carbocycles. The van der Waals surface area contributed by atoms with Crippen molar-refractivity contribution in [2.45, 2.75) is 26.8 Å². The van der Waals surface area contributed by atoms with E-state index in [1.807, 2.05) is 50.2 Å². The third kappa shape index (κ3) is 6.15. The van der Waals surface area contributed by atoms with E-state index in [0.717, 1.165) is 16.8 Å².